The van der Waals surface area contributed by atoms with E-state index in [1.807, 2.05) is 18.2 Å². The van der Waals surface area contributed by atoms with E-state index in [1.54, 1.807) is 6.07 Å². The SMILES string of the molecule is [O]C[S+]([O-])c1nc2ccccc2[nH]1. The molecule has 0 aliphatic heterocycles. The predicted octanol–water partition coefficient (Wildman–Crippen LogP) is 1.06. The Balaban J connectivity index is 2.49. The van der Waals surface area contributed by atoms with E-state index in [9.17, 15) is 9.66 Å². The lowest BCUT2D eigenvalue weighted by molar-refractivity contribution is 0.249. The molecular weight excluding hydrogens is 188 g/mol. The maximum Gasteiger partial charge on any atom is 0.324 e. The average Bonchev–Trinajstić information content (AvgIpc) is 2.59. The molecule has 5 heteroatoms. The van der Waals surface area contributed by atoms with Crippen LogP contribution in [0.5, 0.6) is 0 Å². The molecule has 0 aliphatic rings. The minimum absolute atomic E-state index is 0.260. The topological polar surface area (TPSA) is 71.6 Å². The van der Waals surface area contributed by atoms with Crippen molar-refractivity contribution in [1.29, 1.82) is 0 Å². The highest BCUT2D eigenvalue weighted by atomic mass is 32.2. The number of imidazole rings is 1. The fraction of sp³-hybridized carbons (Fsp3) is 0.125. The van der Waals surface area contributed by atoms with E-state index in [0.717, 1.165) is 11.0 Å². The minimum Gasteiger partial charge on any atom is -0.607 e. The van der Waals surface area contributed by atoms with Gasteiger partial charge in [0.05, 0.1) is 22.2 Å². The largest absolute Gasteiger partial charge is 0.607 e. The molecule has 4 nitrogen and oxygen atoms in total. The third kappa shape index (κ3) is 1.53. The van der Waals surface area contributed by atoms with Gasteiger partial charge in [0.25, 0.3) is 0 Å². The lowest BCUT2D eigenvalue weighted by Gasteiger charge is -1.98. The number of hydrogen-bond donors (Lipinski definition) is 1. The normalized spacial score (nSPS) is 13.4. The van der Waals surface area contributed by atoms with Crippen molar-refractivity contribution in [3.05, 3.63) is 24.3 Å². The summed E-state index contributed by atoms with van der Waals surface area (Å²) in [5, 5.41) is 10.6. The van der Waals surface area contributed by atoms with E-state index in [2.05, 4.69) is 9.97 Å². The van der Waals surface area contributed by atoms with Crippen LogP contribution in [-0.4, -0.2) is 20.5 Å². The molecular formula is C8H7N2O2S. The molecule has 67 valence electrons. The zero-order valence-corrected chi connectivity index (χ0v) is 7.50. The van der Waals surface area contributed by atoms with Crippen LogP contribution in [0.4, 0.5) is 0 Å². The summed E-state index contributed by atoms with van der Waals surface area (Å²) >= 11 is -1.55. The van der Waals surface area contributed by atoms with E-state index < -0.39 is 17.1 Å². The molecule has 2 aromatic rings. The molecule has 1 aromatic carbocycles. The molecule has 2 rings (SSSR count). The number of nitrogens with one attached hydrogen (secondary N) is 1. The van der Waals surface area contributed by atoms with Gasteiger partial charge in [-0.15, -0.1) is 0 Å². The van der Waals surface area contributed by atoms with Gasteiger partial charge in [-0.2, -0.15) is 10.1 Å². The molecule has 1 aromatic heterocycles. The summed E-state index contributed by atoms with van der Waals surface area (Å²) < 4.78 is 11.1. The minimum atomic E-state index is -1.55. The van der Waals surface area contributed by atoms with Gasteiger partial charge in [-0.1, -0.05) is 12.1 Å². The van der Waals surface area contributed by atoms with Crippen molar-refractivity contribution in [2.45, 2.75) is 5.16 Å². The molecule has 0 saturated heterocycles. The second kappa shape index (κ2) is 3.37. The molecule has 0 spiro atoms. The molecule has 0 amide bonds. The third-order valence-electron chi connectivity index (χ3n) is 1.69. The van der Waals surface area contributed by atoms with Gasteiger partial charge in [-0.3, -0.25) is 4.98 Å². The Bertz CT molecular complexity index is 382. The van der Waals surface area contributed by atoms with Crippen LogP contribution in [0.1, 0.15) is 0 Å². The van der Waals surface area contributed by atoms with Gasteiger partial charge >= 0.3 is 5.16 Å². The van der Waals surface area contributed by atoms with Crippen LogP contribution in [0.25, 0.3) is 11.0 Å². The van der Waals surface area contributed by atoms with Crippen LogP contribution in [0.2, 0.25) is 0 Å². The fourth-order valence-corrected chi connectivity index (χ4v) is 1.63. The number of aromatic nitrogens is 2. The molecule has 13 heavy (non-hydrogen) atoms. The molecule has 1 unspecified atom stereocenters. The van der Waals surface area contributed by atoms with Crippen molar-refractivity contribution in [3.63, 3.8) is 0 Å². The quantitative estimate of drug-likeness (QED) is 0.728. The second-order valence-corrected chi connectivity index (χ2v) is 3.84. The third-order valence-corrected chi connectivity index (χ3v) is 2.53. The standard InChI is InChI=1S/C8H7N2O2S/c11-5-13(12)8-9-6-3-1-2-4-7(6)10-8/h1-4H,5H2,(H,9,10). The second-order valence-electron chi connectivity index (χ2n) is 2.52. The molecule has 0 saturated carbocycles. The molecule has 1 N–H and O–H groups in total. The smallest absolute Gasteiger partial charge is 0.324 e. The van der Waals surface area contributed by atoms with Crippen molar-refractivity contribution < 1.29 is 9.66 Å². The van der Waals surface area contributed by atoms with Crippen molar-refractivity contribution >= 4 is 22.2 Å². The molecule has 0 fully saturated rings. The van der Waals surface area contributed by atoms with E-state index in [-0.39, 0.29) is 5.16 Å². The summed E-state index contributed by atoms with van der Waals surface area (Å²) in [7, 11) is 0. The molecule has 0 aliphatic carbocycles. The Morgan fingerprint density at radius 2 is 2.23 bits per heavy atom. The van der Waals surface area contributed by atoms with Gasteiger partial charge in [0.15, 0.2) is 0 Å². The summed E-state index contributed by atoms with van der Waals surface area (Å²) in [6.07, 6.45) is 0. The predicted molar refractivity (Wildman–Crippen MR) is 48.1 cm³/mol. The van der Waals surface area contributed by atoms with E-state index in [1.165, 1.54) is 0 Å². The Morgan fingerprint density at radius 1 is 1.46 bits per heavy atom. The molecule has 1 heterocycles. The first-order valence-electron chi connectivity index (χ1n) is 3.72. The Morgan fingerprint density at radius 3 is 2.92 bits per heavy atom. The zero-order valence-electron chi connectivity index (χ0n) is 6.69. The zero-order chi connectivity index (χ0) is 9.26. The maximum absolute atomic E-state index is 11.1. The molecule has 1 radical (unpaired) electrons. The highest BCUT2D eigenvalue weighted by Gasteiger charge is 2.14. The van der Waals surface area contributed by atoms with E-state index in [4.69, 9.17) is 0 Å². The van der Waals surface area contributed by atoms with Crippen LogP contribution in [0, 0.1) is 0 Å². The Hall–Kier alpha value is -1.04. The summed E-state index contributed by atoms with van der Waals surface area (Å²) in [6, 6.07) is 7.32. The van der Waals surface area contributed by atoms with Crippen LogP contribution in [0.3, 0.4) is 0 Å². The van der Waals surface area contributed by atoms with E-state index in [0.29, 0.717) is 0 Å². The summed E-state index contributed by atoms with van der Waals surface area (Å²) in [6.45, 7) is 0. The molecule has 0 bridgehead atoms. The number of rotatable bonds is 2. The average molecular weight is 195 g/mol. The number of aromatic amines is 1. The number of H-pyrrole nitrogens is 1. The van der Waals surface area contributed by atoms with Gasteiger partial charge in [0, 0.05) is 0 Å². The monoisotopic (exact) mass is 195 g/mol. The number of para-hydroxylation sites is 2. The summed E-state index contributed by atoms with van der Waals surface area (Å²) in [4.78, 5) is 6.86. The Kier molecular flexibility index (Phi) is 2.22. The highest BCUT2D eigenvalue weighted by molar-refractivity contribution is 7.91. The number of fused-ring (bicyclic) bond motifs is 1. The van der Waals surface area contributed by atoms with Crippen LogP contribution >= 0.6 is 0 Å². The first-order valence-corrected chi connectivity index (χ1v) is 5.04. The van der Waals surface area contributed by atoms with Crippen molar-refractivity contribution in [2.24, 2.45) is 0 Å². The summed E-state index contributed by atoms with van der Waals surface area (Å²) in [5.74, 6) is -0.653. The highest BCUT2D eigenvalue weighted by Crippen LogP contribution is 2.14. The lowest BCUT2D eigenvalue weighted by atomic mass is 10.3. The Labute approximate surface area is 77.8 Å². The van der Waals surface area contributed by atoms with Gasteiger partial charge in [0.2, 0.25) is 5.94 Å². The fourth-order valence-electron chi connectivity index (χ4n) is 1.09. The lowest BCUT2D eigenvalue weighted by Crippen LogP contribution is -2.06. The summed E-state index contributed by atoms with van der Waals surface area (Å²) in [5.41, 5.74) is 1.54. The molecule has 1 atom stereocenters. The first-order chi connectivity index (χ1) is 6.31. The first kappa shape index (κ1) is 8.55. The van der Waals surface area contributed by atoms with Gasteiger partial charge in [0.1, 0.15) is 0 Å². The van der Waals surface area contributed by atoms with E-state index >= 15 is 0 Å². The van der Waals surface area contributed by atoms with Crippen molar-refractivity contribution in [2.75, 3.05) is 5.94 Å². The van der Waals surface area contributed by atoms with Crippen molar-refractivity contribution in [1.82, 2.24) is 9.97 Å². The number of hydrogen-bond acceptors (Lipinski definition) is 2. The van der Waals surface area contributed by atoms with Crippen LogP contribution in [-0.2, 0) is 16.3 Å². The van der Waals surface area contributed by atoms with Gasteiger partial charge in [-0.25, -0.2) is 0 Å². The van der Waals surface area contributed by atoms with Crippen molar-refractivity contribution in [3.8, 4) is 0 Å². The number of nitrogens with zero attached hydrogens (tertiary/aromatic N) is 1. The van der Waals surface area contributed by atoms with Gasteiger partial charge < -0.3 is 4.55 Å². The van der Waals surface area contributed by atoms with Crippen LogP contribution in [0.15, 0.2) is 29.4 Å². The van der Waals surface area contributed by atoms with Crippen LogP contribution < -0.4 is 0 Å². The maximum atomic E-state index is 11.1. The van der Waals surface area contributed by atoms with Gasteiger partial charge in [-0.05, 0) is 12.1 Å². The number of benzene rings is 1.